The van der Waals surface area contributed by atoms with Crippen molar-refractivity contribution in [2.45, 2.75) is 27.0 Å². The van der Waals surface area contributed by atoms with Crippen molar-refractivity contribution >= 4 is 17.3 Å². The second-order valence-corrected chi connectivity index (χ2v) is 7.73. The molecule has 0 amide bonds. The van der Waals surface area contributed by atoms with Crippen molar-refractivity contribution in [2.24, 2.45) is 0 Å². The van der Waals surface area contributed by atoms with Gasteiger partial charge in [-0.05, 0) is 49.2 Å². The number of halogens is 1. The van der Waals surface area contributed by atoms with Gasteiger partial charge in [0, 0.05) is 18.3 Å². The van der Waals surface area contributed by atoms with E-state index >= 15 is 0 Å². The Hall–Kier alpha value is -3.05. The summed E-state index contributed by atoms with van der Waals surface area (Å²) in [7, 11) is 0. The van der Waals surface area contributed by atoms with Gasteiger partial charge in [-0.3, -0.25) is 0 Å². The first-order chi connectivity index (χ1) is 15.1. The second kappa shape index (κ2) is 9.84. The van der Waals surface area contributed by atoms with E-state index in [1.807, 2.05) is 49.4 Å². The average Bonchev–Trinajstić information content (AvgIpc) is 2.77. The molecule has 162 valence electrons. The van der Waals surface area contributed by atoms with Gasteiger partial charge in [0.1, 0.15) is 19.8 Å². The third-order valence-corrected chi connectivity index (χ3v) is 5.15. The molecule has 1 aliphatic rings. The van der Waals surface area contributed by atoms with Crippen LogP contribution in [0.1, 0.15) is 23.6 Å². The molecule has 5 nitrogen and oxygen atoms in total. The van der Waals surface area contributed by atoms with Crippen LogP contribution in [0, 0.1) is 6.92 Å². The topological polar surface area (TPSA) is 49.0 Å². The van der Waals surface area contributed by atoms with Crippen LogP contribution in [0.25, 0.3) is 0 Å². The van der Waals surface area contributed by atoms with Gasteiger partial charge >= 0.3 is 0 Å². The number of fused-ring (bicyclic) bond motifs is 1. The average molecular weight is 440 g/mol. The molecule has 0 bridgehead atoms. The number of nitrogens with one attached hydrogen (secondary N) is 1. The Morgan fingerprint density at radius 2 is 1.77 bits per heavy atom. The van der Waals surface area contributed by atoms with Crippen molar-refractivity contribution in [1.29, 1.82) is 0 Å². The molecule has 0 spiro atoms. The molecule has 0 saturated heterocycles. The van der Waals surface area contributed by atoms with Crippen LogP contribution in [0.5, 0.6) is 23.0 Å². The molecule has 1 N–H and O–H groups in total. The number of anilines is 1. The molecule has 1 aliphatic heterocycles. The van der Waals surface area contributed by atoms with Crippen molar-refractivity contribution in [3.8, 4) is 23.0 Å². The van der Waals surface area contributed by atoms with Crippen molar-refractivity contribution in [2.75, 3.05) is 25.1 Å². The molecule has 0 saturated carbocycles. The standard InChI is InChI=1S/C25H26ClNO4/c1-3-28-24-13-19(15-27-20-7-8-22-23(14-20)30-10-9-29-22)12-21(26)25(24)31-16-18-6-4-5-17(2)11-18/h4-8,11-14,27H,3,9-10,15-16H2,1-2H3. The summed E-state index contributed by atoms with van der Waals surface area (Å²) < 4.78 is 23.1. The third-order valence-electron chi connectivity index (χ3n) is 4.87. The predicted molar refractivity (Wildman–Crippen MR) is 123 cm³/mol. The van der Waals surface area contributed by atoms with Gasteiger partial charge in [0.2, 0.25) is 0 Å². The molecule has 3 aromatic carbocycles. The zero-order valence-corrected chi connectivity index (χ0v) is 18.5. The lowest BCUT2D eigenvalue weighted by atomic mass is 10.1. The molecular formula is C25H26ClNO4. The lowest BCUT2D eigenvalue weighted by Crippen LogP contribution is -2.15. The fourth-order valence-electron chi connectivity index (χ4n) is 3.44. The summed E-state index contributed by atoms with van der Waals surface area (Å²) in [6.45, 7) is 6.68. The summed E-state index contributed by atoms with van der Waals surface area (Å²) in [4.78, 5) is 0. The van der Waals surface area contributed by atoms with Crippen LogP contribution in [-0.2, 0) is 13.2 Å². The van der Waals surface area contributed by atoms with Gasteiger partial charge < -0.3 is 24.3 Å². The largest absolute Gasteiger partial charge is 0.490 e. The molecule has 3 aromatic rings. The van der Waals surface area contributed by atoms with Gasteiger partial charge in [0.15, 0.2) is 23.0 Å². The van der Waals surface area contributed by atoms with Crippen LogP contribution < -0.4 is 24.3 Å². The fourth-order valence-corrected chi connectivity index (χ4v) is 3.73. The Morgan fingerprint density at radius 3 is 2.58 bits per heavy atom. The van der Waals surface area contributed by atoms with Gasteiger partial charge in [0.25, 0.3) is 0 Å². The zero-order valence-electron chi connectivity index (χ0n) is 17.7. The van der Waals surface area contributed by atoms with Gasteiger partial charge in [-0.1, -0.05) is 41.4 Å². The Morgan fingerprint density at radius 1 is 0.935 bits per heavy atom. The number of aryl methyl sites for hydroxylation is 1. The second-order valence-electron chi connectivity index (χ2n) is 7.33. The van der Waals surface area contributed by atoms with Crippen LogP contribution >= 0.6 is 11.6 Å². The summed E-state index contributed by atoms with van der Waals surface area (Å²) in [6.07, 6.45) is 0. The number of hydrogen-bond acceptors (Lipinski definition) is 5. The minimum Gasteiger partial charge on any atom is -0.490 e. The van der Waals surface area contributed by atoms with Crippen LogP contribution in [-0.4, -0.2) is 19.8 Å². The molecule has 1 heterocycles. The Balaban J connectivity index is 1.47. The zero-order chi connectivity index (χ0) is 21.6. The molecule has 0 aromatic heterocycles. The van der Waals surface area contributed by atoms with Crippen molar-refractivity contribution in [3.05, 3.63) is 76.3 Å². The highest BCUT2D eigenvalue weighted by Crippen LogP contribution is 2.38. The van der Waals surface area contributed by atoms with E-state index in [-0.39, 0.29) is 0 Å². The SMILES string of the molecule is CCOc1cc(CNc2ccc3c(c2)OCCO3)cc(Cl)c1OCc1cccc(C)c1. The summed E-state index contributed by atoms with van der Waals surface area (Å²) in [5.41, 5.74) is 4.21. The Bertz CT molecular complexity index is 1050. The van der Waals surface area contributed by atoms with Crippen molar-refractivity contribution in [3.63, 3.8) is 0 Å². The summed E-state index contributed by atoms with van der Waals surface area (Å²) in [5, 5.41) is 3.93. The predicted octanol–water partition coefficient (Wildman–Crippen LogP) is 6.01. The summed E-state index contributed by atoms with van der Waals surface area (Å²) in [5.74, 6) is 2.73. The Kier molecular flexibility index (Phi) is 6.73. The van der Waals surface area contributed by atoms with Crippen molar-refractivity contribution < 1.29 is 18.9 Å². The lowest BCUT2D eigenvalue weighted by molar-refractivity contribution is 0.171. The number of benzene rings is 3. The van der Waals surface area contributed by atoms with E-state index in [2.05, 4.69) is 24.4 Å². The maximum atomic E-state index is 6.58. The fraction of sp³-hybridized carbons (Fsp3) is 0.280. The molecule has 4 rings (SSSR count). The van der Waals surface area contributed by atoms with E-state index in [9.17, 15) is 0 Å². The molecule has 31 heavy (non-hydrogen) atoms. The molecule has 6 heteroatoms. The Labute approximate surface area is 187 Å². The van der Waals surface area contributed by atoms with E-state index in [1.54, 1.807) is 0 Å². The minimum atomic E-state index is 0.427. The van der Waals surface area contributed by atoms with Crippen LogP contribution in [0.2, 0.25) is 5.02 Å². The number of rotatable bonds is 8. The van der Waals surface area contributed by atoms with E-state index < -0.39 is 0 Å². The summed E-state index contributed by atoms with van der Waals surface area (Å²) >= 11 is 6.58. The van der Waals surface area contributed by atoms with Gasteiger partial charge in [0.05, 0.1) is 11.6 Å². The van der Waals surface area contributed by atoms with E-state index in [1.165, 1.54) is 5.56 Å². The van der Waals surface area contributed by atoms with Crippen LogP contribution in [0.3, 0.4) is 0 Å². The first kappa shape index (κ1) is 21.2. The van der Waals surface area contributed by atoms with Crippen molar-refractivity contribution in [1.82, 2.24) is 0 Å². The molecular weight excluding hydrogens is 414 g/mol. The highest BCUT2D eigenvalue weighted by molar-refractivity contribution is 6.32. The maximum absolute atomic E-state index is 6.58. The van der Waals surface area contributed by atoms with Crippen LogP contribution in [0.4, 0.5) is 5.69 Å². The van der Waals surface area contributed by atoms with Crippen LogP contribution in [0.15, 0.2) is 54.6 Å². The highest BCUT2D eigenvalue weighted by atomic mass is 35.5. The highest BCUT2D eigenvalue weighted by Gasteiger charge is 2.14. The number of ether oxygens (including phenoxy) is 4. The molecule has 0 radical (unpaired) electrons. The smallest absolute Gasteiger partial charge is 0.180 e. The monoisotopic (exact) mass is 439 g/mol. The van der Waals surface area contributed by atoms with Gasteiger partial charge in [-0.15, -0.1) is 0 Å². The quantitative estimate of drug-likeness (QED) is 0.465. The normalized spacial score (nSPS) is 12.4. The molecule has 0 unspecified atom stereocenters. The molecule has 0 fully saturated rings. The lowest BCUT2D eigenvalue weighted by Gasteiger charge is -2.19. The van der Waals surface area contributed by atoms with E-state index in [0.29, 0.717) is 49.5 Å². The first-order valence-corrected chi connectivity index (χ1v) is 10.8. The summed E-state index contributed by atoms with van der Waals surface area (Å²) in [6, 6.07) is 17.9. The van der Waals surface area contributed by atoms with Gasteiger partial charge in [-0.2, -0.15) is 0 Å². The first-order valence-electron chi connectivity index (χ1n) is 10.4. The minimum absolute atomic E-state index is 0.427. The number of hydrogen-bond donors (Lipinski definition) is 1. The molecule has 0 aliphatic carbocycles. The van der Waals surface area contributed by atoms with Gasteiger partial charge in [-0.25, -0.2) is 0 Å². The maximum Gasteiger partial charge on any atom is 0.180 e. The molecule has 0 atom stereocenters. The third kappa shape index (κ3) is 5.36. The van der Waals surface area contributed by atoms with E-state index in [4.69, 9.17) is 30.5 Å². The van der Waals surface area contributed by atoms with E-state index in [0.717, 1.165) is 28.3 Å².